The molecule has 0 fully saturated rings. The summed E-state index contributed by atoms with van der Waals surface area (Å²) in [5.74, 6) is -0.0523. The maximum atomic E-state index is 13.1. The highest BCUT2D eigenvalue weighted by Gasteiger charge is 2.30. The van der Waals surface area contributed by atoms with Crippen molar-refractivity contribution in [1.82, 2.24) is 25.2 Å². The van der Waals surface area contributed by atoms with E-state index in [1.165, 1.54) is 4.57 Å². The highest BCUT2D eigenvalue weighted by molar-refractivity contribution is 6.29. The van der Waals surface area contributed by atoms with Crippen LogP contribution >= 0.6 is 11.6 Å². The number of anilines is 1. The third-order valence-corrected chi connectivity index (χ3v) is 6.21. The first-order chi connectivity index (χ1) is 18.0. The summed E-state index contributed by atoms with van der Waals surface area (Å²) < 4.78 is 7.01. The fraction of sp³-hybridized carbons (Fsp3) is 0.346. The minimum absolute atomic E-state index is 0.215. The van der Waals surface area contributed by atoms with Gasteiger partial charge in [-0.25, -0.2) is 4.98 Å². The molecule has 1 aliphatic heterocycles. The van der Waals surface area contributed by atoms with Crippen LogP contribution in [0.3, 0.4) is 0 Å². The van der Waals surface area contributed by atoms with E-state index in [0.29, 0.717) is 38.1 Å². The van der Waals surface area contributed by atoms with E-state index in [-0.39, 0.29) is 23.8 Å². The lowest BCUT2D eigenvalue weighted by molar-refractivity contribution is -0.125. The second-order valence-electron chi connectivity index (χ2n) is 8.52. The summed E-state index contributed by atoms with van der Waals surface area (Å²) in [5.41, 5.74) is 0.933. The van der Waals surface area contributed by atoms with Crippen molar-refractivity contribution >= 4 is 29.2 Å². The van der Waals surface area contributed by atoms with Gasteiger partial charge in [0.25, 0.3) is 11.5 Å². The zero-order valence-electron chi connectivity index (χ0n) is 20.4. The van der Waals surface area contributed by atoms with Gasteiger partial charge in [0.1, 0.15) is 11.8 Å². The van der Waals surface area contributed by atoms with Crippen LogP contribution in [0, 0.1) is 0 Å². The van der Waals surface area contributed by atoms with Crippen LogP contribution in [0.4, 0.5) is 5.82 Å². The summed E-state index contributed by atoms with van der Waals surface area (Å²) in [7, 11) is 0. The SMILES string of the molecule is CCNC(=O)C(Cl)Oc1cccc(CNC(=O)[C@@H]2CCc3cnc(NCCc4ccccn4)c(=O)n32)c1. The number of nitrogens with one attached hydrogen (secondary N) is 3. The minimum atomic E-state index is -1.16. The van der Waals surface area contributed by atoms with Crippen LogP contribution in [0.25, 0.3) is 0 Å². The summed E-state index contributed by atoms with van der Waals surface area (Å²) in [6.07, 6.45) is 5.13. The molecule has 0 bridgehead atoms. The van der Waals surface area contributed by atoms with Crippen molar-refractivity contribution in [2.45, 2.75) is 44.3 Å². The van der Waals surface area contributed by atoms with E-state index in [2.05, 4.69) is 25.9 Å². The van der Waals surface area contributed by atoms with Gasteiger partial charge in [0.05, 0.1) is 0 Å². The number of alkyl halides is 1. The average molecular weight is 525 g/mol. The number of hydrogen-bond acceptors (Lipinski definition) is 7. The van der Waals surface area contributed by atoms with E-state index in [4.69, 9.17) is 16.3 Å². The number of hydrogen-bond donors (Lipinski definition) is 3. The van der Waals surface area contributed by atoms with Gasteiger partial charge in [0, 0.05) is 49.8 Å². The zero-order valence-corrected chi connectivity index (χ0v) is 21.2. The molecule has 10 nitrogen and oxygen atoms in total. The molecule has 0 saturated carbocycles. The Morgan fingerprint density at radius 1 is 1.19 bits per heavy atom. The molecule has 0 saturated heterocycles. The third-order valence-electron chi connectivity index (χ3n) is 5.92. The molecule has 11 heteroatoms. The first-order valence-corrected chi connectivity index (χ1v) is 12.6. The zero-order chi connectivity index (χ0) is 26.2. The van der Waals surface area contributed by atoms with Crippen molar-refractivity contribution in [1.29, 1.82) is 0 Å². The second kappa shape index (κ2) is 12.4. The highest BCUT2D eigenvalue weighted by Crippen LogP contribution is 2.24. The Hall–Kier alpha value is -3.92. The molecule has 3 N–H and O–H groups in total. The Morgan fingerprint density at radius 2 is 2.05 bits per heavy atom. The van der Waals surface area contributed by atoms with Crippen molar-refractivity contribution in [3.63, 3.8) is 0 Å². The Balaban J connectivity index is 1.36. The fourth-order valence-electron chi connectivity index (χ4n) is 4.13. The lowest BCUT2D eigenvalue weighted by atomic mass is 10.1. The number of rotatable bonds is 11. The molecule has 0 radical (unpaired) electrons. The first-order valence-electron chi connectivity index (χ1n) is 12.2. The summed E-state index contributed by atoms with van der Waals surface area (Å²) in [6.45, 7) is 2.96. The fourth-order valence-corrected chi connectivity index (χ4v) is 4.31. The molecule has 4 rings (SSSR count). The monoisotopic (exact) mass is 524 g/mol. The standard InChI is InChI=1S/C26H29ClN6O4/c1-2-28-25(35)22(27)37-20-8-5-6-17(14-20)15-32-24(34)21-10-9-19-16-31-23(26(36)33(19)21)30-13-11-18-7-3-4-12-29-18/h3-8,12,14,16,21-22H,2,9-11,13,15H2,1H3,(H,28,35)(H,30,31)(H,32,34)/t21-,22?/m0/s1. The van der Waals surface area contributed by atoms with E-state index in [1.807, 2.05) is 24.3 Å². The van der Waals surface area contributed by atoms with Gasteiger partial charge >= 0.3 is 0 Å². The molecular weight excluding hydrogens is 496 g/mol. The van der Waals surface area contributed by atoms with Gasteiger partial charge in [0.15, 0.2) is 5.82 Å². The second-order valence-corrected chi connectivity index (χ2v) is 8.92. The van der Waals surface area contributed by atoms with Crippen molar-refractivity contribution in [2.24, 2.45) is 0 Å². The van der Waals surface area contributed by atoms with Crippen LogP contribution in [-0.2, 0) is 29.0 Å². The van der Waals surface area contributed by atoms with Gasteiger partial charge in [-0.3, -0.25) is 23.9 Å². The number of amides is 2. The molecular formula is C26H29ClN6O4. The van der Waals surface area contributed by atoms with Gasteiger partial charge in [-0.2, -0.15) is 0 Å². The quantitative estimate of drug-likeness (QED) is 0.328. The van der Waals surface area contributed by atoms with Crippen LogP contribution in [0.1, 0.15) is 36.3 Å². The van der Waals surface area contributed by atoms with Gasteiger partial charge in [0.2, 0.25) is 11.5 Å². The van der Waals surface area contributed by atoms with Crippen LogP contribution in [0.5, 0.6) is 5.75 Å². The lowest BCUT2D eigenvalue weighted by Gasteiger charge is -2.16. The van der Waals surface area contributed by atoms with Crippen molar-refractivity contribution in [3.05, 3.63) is 82.2 Å². The number of carbonyl (C=O) groups excluding carboxylic acids is 2. The molecule has 1 unspecified atom stereocenters. The number of likely N-dealkylation sites (N-methyl/N-ethyl adjacent to an activating group) is 1. The van der Waals surface area contributed by atoms with Crippen LogP contribution in [0.15, 0.2) is 59.7 Å². The van der Waals surface area contributed by atoms with Crippen LogP contribution in [0.2, 0.25) is 0 Å². The average Bonchev–Trinajstić information content (AvgIpc) is 3.35. The predicted octanol–water partition coefficient (Wildman–Crippen LogP) is 2.18. The number of pyridine rings is 1. The molecule has 194 valence electrons. The Labute approximate surface area is 219 Å². The van der Waals surface area contributed by atoms with E-state index in [9.17, 15) is 14.4 Å². The van der Waals surface area contributed by atoms with Crippen molar-refractivity contribution in [2.75, 3.05) is 18.4 Å². The van der Waals surface area contributed by atoms with Gasteiger partial charge in [-0.05, 0) is 49.6 Å². The van der Waals surface area contributed by atoms with Gasteiger partial charge < -0.3 is 20.7 Å². The molecule has 2 atom stereocenters. The van der Waals surface area contributed by atoms with Crippen LogP contribution in [-0.4, -0.2) is 45.0 Å². The number of nitrogens with zero attached hydrogens (tertiary/aromatic N) is 3. The Bertz CT molecular complexity index is 1300. The molecule has 2 amide bonds. The Kier molecular flexibility index (Phi) is 8.73. The number of halogens is 1. The number of aryl methyl sites for hydroxylation is 1. The maximum absolute atomic E-state index is 13.1. The molecule has 3 heterocycles. The number of benzene rings is 1. The molecule has 2 aromatic heterocycles. The van der Waals surface area contributed by atoms with Crippen LogP contribution < -0.4 is 26.2 Å². The predicted molar refractivity (Wildman–Crippen MR) is 140 cm³/mol. The van der Waals surface area contributed by atoms with E-state index < -0.39 is 17.5 Å². The lowest BCUT2D eigenvalue weighted by Crippen LogP contribution is -2.36. The van der Waals surface area contributed by atoms with Gasteiger partial charge in [-0.15, -0.1) is 0 Å². The smallest absolute Gasteiger partial charge is 0.294 e. The summed E-state index contributed by atoms with van der Waals surface area (Å²) in [4.78, 5) is 46.5. The number of carbonyl (C=O) groups is 2. The van der Waals surface area contributed by atoms with Crippen molar-refractivity contribution in [3.8, 4) is 5.75 Å². The summed E-state index contributed by atoms with van der Waals surface area (Å²) >= 11 is 6.00. The third kappa shape index (κ3) is 6.65. The molecule has 3 aromatic rings. The van der Waals surface area contributed by atoms with E-state index in [0.717, 1.165) is 17.0 Å². The topological polar surface area (TPSA) is 127 Å². The highest BCUT2D eigenvalue weighted by atomic mass is 35.5. The Morgan fingerprint density at radius 3 is 2.84 bits per heavy atom. The molecule has 37 heavy (non-hydrogen) atoms. The molecule has 0 aliphatic carbocycles. The minimum Gasteiger partial charge on any atom is -0.465 e. The molecule has 1 aromatic carbocycles. The van der Waals surface area contributed by atoms with Gasteiger partial charge in [-0.1, -0.05) is 29.8 Å². The normalized spacial score (nSPS) is 14.9. The number of ether oxygens (including phenoxy) is 1. The van der Waals surface area contributed by atoms with Crippen molar-refractivity contribution < 1.29 is 14.3 Å². The largest absolute Gasteiger partial charge is 0.465 e. The maximum Gasteiger partial charge on any atom is 0.294 e. The number of aromatic nitrogens is 3. The molecule has 0 spiro atoms. The van der Waals surface area contributed by atoms with E-state index in [1.54, 1.807) is 37.5 Å². The number of fused-ring (bicyclic) bond motifs is 1. The summed E-state index contributed by atoms with van der Waals surface area (Å²) in [6, 6.07) is 12.0. The first kappa shape index (κ1) is 26.2. The summed E-state index contributed by atoms with van der Waals surface area (Å²) in [5, 5.41) is 8.57. The molecule has 1 aliphatic rings. The van der Waals surface area contributed by atoms with E-state index >= 15 is 0 Å².